The highest BCUT2D eigenvalue weighted by Crippen LogP contribution is 2.23. The van der Waals surface area contributed by atoms with Crippen LogP contribution in [0.3, 0.4) is 0 Å². The quantitative estimate of drug-likeness (QED) is 0.673. The highest BCUT2D eigenvalue weighted by Gasteiger charge is 2.08. The van der Waals surface area contributed by atoms with Crippen LogP contribution in [0.2, 0.25) is 0 Å². The van der Waals surface area contributed by atoms with E-state index in [1.54, 1.807) is 12.4 Å². The molecule has 20 heavy (non-hydrogen) atoms. The van der Waals surface area contributed by atoms with E-state index >= 15 is 0 Å². The first kappa shape index (κ1) is 14.8. The molecule has 0 aliphatic heterocycles. The fourth-order valence-corrected chi connectivity index (χ4v) is 2.57. The van der Waals surface area contributed by atoms with Crippen molar-refractivity contribution in [3.8, 4) is 0 Å². The largest absolute Gasteiger partial charge is 0.357 e. The Labute approximate surface area is 120 Å². The Morgan fingerprint density at radius 3 is 3.00 bits per heavy atom. The molecule has 0 aliphatic carbocycles. The van der Waals surface area contributed by atoms with Gasteiger partial charge in [0.1, 0.15) is 0 Å². The zero-order chi connectivity index (χ0) is 14.4. The van der Waals surface area contributed by atoms with Crippen LogP contribution in [0.25, 0.3) is 0 Å². The van der Waals surface area contributed by atoms with E-state index in [0.717, 1.165) is 21.3 Å². The number of nitrogens with zero attached hydrogens (tertiary/aromatic N) is 3. The summed E-state index contributed by atoms with van der Waals surface area (Å²) in [5, 5.41) is 20.7. The van der Waals surface area contributed by atoms with Gasteiger partial charge in [-0.3, -0.25) is 20.2 Å². The van der Waals surface area contributed by atoms with E-state index < -0.39 is 0 Å². The monoisotopic (exact) mass is 296 g/mol. The third-order valence-corrected chi connectivity index (χ3v) is 3.77. The SMILES string of the molecule is Cc1nc(NCc2cccnc2)sc1CCON(O)O. The molecular weight excluding hydrogens is 280 g/mol. The number of aromatic nitrogens is 2. The van der Waals surface area contributed by atoms with Gasteiger partial charge in [0, 0.05) is 30.2 Å². The number of hydrogen-bond donors (Lipinski definition) is 3. The van der Waals surface area contributed by atoms with Gasteiger partial charge in [0.05, 0.1) is 17.7 Å². The van der Waals surface area contributed by atoms with Gasteiger partial charge in [-0.2, -0.15) is 0 Å². The molecular formula is C12H16N4O3S. The fraction of sp³-hybridized carbons (Fsp3) is 0.333. The lowest BCUT2D eigenvalue weighted by atomic mass is 10.3. The summed E-state index contributed by atoms with van der Waals surface area (Å²) in [5.41, 5.74) is 2.00. The predicted molar refractivity (Wildman–Crippen MR) is 73.5 cm³/mol. The molecule has 8 heteroatoms. The lowest BCUT2D eigenvalue weighted by Gasteiger charge is -2.04. The van der Waals surface area contributed by atoms with Crippen LogP contribution in [-0.4, -0.2) is 32.4 Å². The summed E-state index contributed by atoms with van der Waals surface area (Å²) in [5.74, 6) is 0. The fourth-order valence-electron chi connectivity index (χ4n) is 1.64. The molecule has 2 aromatic rings. The average Bonchev–Trinajstić information content (AvgIpc) is 2.78. The molecule has 0 saturated heterocycles. The minimum absolute atomic E-state index is 0.179. The van der Waals surface area contributed by atoms with Gasteiger partial charge in [-0.25, -0.2) is 4.98 Å². The molecule has 2 rings (SSSR count). The van der Waals surface area contributed by atoms with E-state index in [2.05, 4.69) is 20.1 Å². The molecule has 2 aromatic heterocycles. The minimum atomic E-state index is -0.280. The summed E-state index contributed by atoms with van der Waals surface area (Å²) in [6, 6.07) is 3.88. The third-order valence-electron chi connectivity index (χ3n) is 2.60. The molecule has 0 saturated carbocycles. The molecule has 2 heterocycles. The van der Waals surface area contributed by atoms with Gasteiger partial charge in [-0.15, -0.1) is 11.3 Å². The molecule has 7 nitrogen and oxygen atoms in total. The lowest BCUT2D eigenvalue weighted by molar-refractivity contribution is -0.492. The van der Waals surface area contributed by atoms with Gasteiger partial charge in [0.15, 0.2) is 5.13 Å². The van der Waals surface area contributed by atoms with E-state index in [1.807, 2.05) is 19.1 Å². The first-order chi connectivity index (χ1) is 9.65. The first-order valence-electron chi connectivity index (χ1n) is 6.05. The second kappa shape index (κ2) is 7.27. The standard InChI is InChI=1S/C12H16N4O3S/c1-9-11(4-6-19-16(17)18)20-12(15-9)14-8-10-3-2-5-13-7-10/h2-3,5,7,17-18H,4,6,8H2,1H3,(H,14,15). The maximum atomic E-state index is 8.45. The van der Waals surface area contributed by atoms with Gasteiger partial charge in [0.25, 0.3) is 0 Å². The number of anilines is 1. The van der Waals surface area contributed by atoms with E-state index in [0.29, 0.717) is 13.0 Å². The van der Waals surface area contributed by atoms with Crippen molar-refractivity contribution in [3.63, 3.8) is 0 Å². The van der Waals surface area contributed by atoms with Crippen molar-refractivity contribution in [2.24, 2.45) is 0 Å². The van der Waals surface area contributed by atoms with Gasteiger partial charge in [0.2, 0.25) is 0 Å². The van der Waals surface area contributed by atoms with Crippen LogP contribution in [0.4, 0.5) is 5.13 Å². The van der Waals surface area contributed by atoms with Crippen LogP contribution < -0.4 is 5.32 Å². The average molecular weight is 296 g/mol. The van der Waals surface area contributed by atoms with Crippen molar-refractivity contribution in [1.29, 1.82) is 0 Å². The number of nitrogens with one attached hydrogen (secondary N) is 1. The predicted octanol–water partition coefficient (Wildman–Crippen LogP) is 2.01. The summed E-state index contributed by atoms with van der Waals surface area (Å²) in [6.45, 7) is 2.76. The maximum Gasteiger partial charge on any atom is 0.183 e. The molecule has 0 fully saturated rings. The summed E-state index contributed by atoms with van der Waals surface area (Å²) in [7, 11) is 0. The second-order valence-electron chi connectivity index (χ2n) is 4.08. The molecule has 0 aliphatic rings. The lowest BCUT2D eigenvalue weighted by Crippen LogP contribution is -2.16. The summed E-state index contributed by atoms with van der Waals surface area (Å²) >= 11 is 1.53. The van der Waals surface area contributed by atoms with Crippen LogP contribution in [0.5, 0.6) is 0 Å². The molecule has 0 radical (unpaired) electrons. The Hall–Kier alpha value is -1.58. The Morgan fingerprint density at radius 2 is 2.30 bits per heavy atom. The van der Waals surface area contributed by atoms with Gasteiger partial charge < -0.3 is 5.32 Å². The van der Waals surface area contributed by atoms with Crippen molar-refractivity contribution in [1.82, 2.24) is 15.4 Å². The normalized spacial score (nSPS) is 11.0. The van der Waals surface area contributed by atoms with Crippen molar-refractivity contribution in [2.75, 3.05) is 11.9 Å². The Balaban J connectivity index is 1.87. The maximum absolute atomic E-state index is 8.45. The smallest absolute Gasteiger partial charge is 0.183 e. The van der Waals surface area contributed by atoms with E-state index in [9.17, 15) is 0 Å². The molecule has 0 spiro atoms. The van der Waals surface area contributed by atoms with Crippen LogP contribution >= 0.6 is 11.3 Å². The van der Waals surface area contributed by atoms with Gasteiger partial charge in [-0.05, 0) is 18.6 Å². The minimum Gasteiger partial charge on any atom is -0.357 e. The molecule has 0 amide bonds. The van der Waals surface area contributed by atoms with E-state index in [1.165, 1.54) is 11.3 Å². The number of thiazole rings is 1. The third kappa shape index (κ3) is 4.51. The Bertz CT molecular complexity index is 533. The summed E-state index contributed by atoms with van der Waals surface area (Å²) in [4.78, 5) is 14.0. The van der Waals surface area contributed by atoms with E-state index in [4.69, 9.17) is 10.4 Å². The number of rotatable bonds is 7. The van der Waals surface area contributed by atoms with E-state index in [-0.39, 0.29) is 12.0 Å². The van der Waals surface area contributed by atoms with Crippen molar-refractivity contribution < 1.29 is 15.3 Å². The number of aryl methyl sites for hydroxylation is 1. The summed E-state index contributed by atoms with van der Waals surface area (Å²) in [6.07, 6.45) is 4.11. The topological polar surface area (TPSA) is 90.7 Å². The van der Waals surface area contributed by atoms with Crippen molar-refractivity contribution in [2.45, 2.75) is 19.9 Å². The Morgan fingerprint density at radius 1 is 1.45 bits per heavy atom. The number of pyridine rings is 1. The zero-order valence-corrected chi connectivity index (χ0v) is 11.8. The van der Waals surface area contributed by atoms with Gasteiger partial charge in [-0.1, -0.05) is 6.07 Å². The van der Waals surface area contributed by atoms with Crippen molar-refractivity contribution in [3.05, 3.63) is 40.7 Å². The summed E-state index contributed by atoms with van der Waals surface area (Å²) < 4.78 is 0. The highest BCUT2D eigenvalue weighted by molar-refractivity contribution is 7.15. The molecule has 0 unspecified atom stereocenters. The van der Waals surface area contributed by atoms with Gasteiger partial charge >= 0.3 is 0 Å². The molecule has 108 valence electrons. The second-order valence-corrected chi connectivity index (χ2v) is 5.16. The highest BCUT2D eigenvalue weighted by atomic mass is 32.1. The molecule has 0 aromatic carbocycles. The Kier molecular flexibility index (Phi) is 5.39. The molecule has 0 atom stereocenters. The molecule has 0 bridgehead atoms. The van der Waals surface area contributed by atoms with Crippen LogP contribution in [0.1, 0.15) is 16.1 Å². The zero-order valence-electron chi connectivity index (χ0n) is 11.0. The number of hydrogen-bond acceptors (Lipinski definition) is 8. The van der Waals surface area contributed by atoms with Crippen molar-refractivity contribution >= 4 is 16.5 Å². The van der Waals surface area contributed by atoms with Crippen LogP contribution in [-0.2, 0) is 17.8 Å². The molecule has 3 N–H and O–H groups in total. The van der Waals surface area contributed by atoms with Crippen LogP contribution in [0.15, 0.2) is 24.5 Å². The van der Waals surface area contributed by atoms with Crippen LogP contribution in [0, 0.1) is 6.92 Å². The first-order valence-corrected chi connectivity index (χ1v) is 6.86.